The smallest absolute Gasteiger partial charge is 0.0569 e. The number of halogens is 1. The zero-order valence-corrected chi connectivity index (χ0v) is 8.43. The van der Waals surface area contributed by atoms with E-state index in [1.54, 1.807) is 0 Å². The standard InChI is InChI=1S/C9H12BrN/c1-3-8(10)9-7(2)5-4-6-11-9/h4-6,8H,3H2,1-2H3. The number of hydrogen-bond acceptors (Lipinski definition) is 1. The first-order valence-corrected chi connectivity index (χ1v) is 4.73. The maximum Gasteiger partial charge on any atom is 0.0569 e. The van der Waals surface area contributed by atoms with E-state index in [9.17, 15) is 0 Å². The van der Waals surface area contributed by atoms with E-state index < -0.39 is 0 Å². The minimum absolute atomic E-state index is 0.406. The monoisotopic (exact) mass is 213 g/mol. The average molecular weight is 214 g/mol. The van der Waals surface area contributed by atoms with Crippen LogP contribution in [-0.2, 0) is 0 Å². The number of alkyl halides is 1. The molecule has 1 aromatic heterocycles. The summed E-state index contributed by atoms with van der Waals surface area (Å²) in [6.45, 7) is 4.24. The van der Waals surface area contributed by atoms with Crippen molar-refractivity contribution in [3.8, 4) is 0 Å². The Bertz CT molecular complexity index is 235. The Morgan fingerprint density at radius 1 is 1.64 bits per heavy atom. The maximum absolute atomic E-state index is 4.30. The Labute approximate surface area is 76.0 Å². The van der Waals surface area contributed by atoms with Crippen molar-refractivity contribution >= 4 is 15.9 Å². The van der Waals surface area contributed by atoms with Crippen molar-refractivity contribution in [3.05, 3.63) is 29.6 Å². The zero-order chi connectivity index (χ0) is 8.27. The summed E-state index contributed by atoms with van der Waals surface area (Å²) in [5.41, 5.74) is 2.42. The van der Waals surface area contributed by atoms with Crippen molar-refractivity contribution in [2.75, 3.05) is 0 Å². The molecule has 0 N–H and O–H groups in total. The molecule has 2 heteroatoms. The van der Waals surface area contributed by atoms with Gasteiger partial charge in [-0.2, -0.15) is 0 Å². The molecule has 60 valence electrons. The fraction of sp³-hybridized carbons (Fsp3) is 0.444. The first-order chi connectivity index (χ1) is 5.25. The summed E-state index contributed by atoms with van der Waals surface area (Å²) in [5, 5.41) is 0. The van der Waals surface area contributed by atoms with Gasteiger partial charge in [-0.25, -0.2) is 0 Å². The van der Waals surface area contributed by atoms with E-state index >= 15 is 0 Å². The van der Waals surface area contributed by atoms with Crippen LogP contribution in [0.3, 0.4) is 0 Å². The molecule has 1 heterocycles. The normalized spacial score (nSPS) is 13.0. The lowest BCUT2D eigenvalue weighted by Crippen LogP contribution is -1.94. The molecule has 0 saturated heterocycles. The van der Waals surface area contributed by atoms with Gasteiger partial charge in [0.15, 0.2) is 0 Å². The lowest BCUT2D eigenvalue weighted by molar-refractivity contribution is 0.862. The molecular formula is C9H12BrN. The maximum atomic E-state index is 4.30. The van der Waals surface area contributed by atoms with Crippen molar-refractivity contribution in [1.29, 1.82) is 0 Å². The first-order valence-electron chi connectivity index (χ1n) is 3.81. The van der Waals surface area contributed by atoms with Crippen molar-refractivity contribution in [2.45, 2.75) is 25.1 Å². The molecule has 1 rings (SSSR count). The van der Waals surface area contributed by atoms with Gasteiger partial charge in [0.2, 0.25) is 0 Å². The second-order valence-electron chi connectivity index (χ2n) is 2.58. The number of rotatable bonds is 2. The topological polar surface area (TPSA) is 12.9 Å². The third-order valence-electron chi connectivity index (χ3n) is 1.71. The zero-order valence-electron chi connectivity index (χ0n) is 6.84. The fourth-order valence-electron chi connectivity index (χ4n) is 1.02. The predicted molar refractivity (Wildman–Crippen MR) is 50.9 cm³/mol. The molecule has 11 heavy (non-hydrogen) atoms. The van der Waals surface area contributed by atoms with E-state index in [4.69, 9.17) is 0 Å². The van der Waals surface area contributed by atoms with Crippen LogP contribution in [0, 0.1) is 6.92 Å². The van der Waals surface area contributed by atoms with Crippen LogP contribution in [0.5, 0.6) is 0 Å². The highest BCUT2D eigenvalue weighted by atomic mass is 79.9. The number of aromatic nitrogens is 1. The lowest BCUT2D eigenvalue weighted by Gasteiger charge is -2.07. The second-order valence-corrected chi connectivity index (χ2v) is 3.69. The van der Waals surface area contributed by atoms with E-state index in [1.807, 2.05) is 12.3 Å². The third kappa shape index (κ3) is 2.03. The summed E-state index contributed by atoms with van der Waals surface area (Å²) in [4.78, 5) is 4.71. The van der Waals surface area contributed by atoms with Crippen molar-refractivity contribution in [3.63, 3.8) is 0 Å². The largest absolute Gasteiger partial charge is 0.260 e. The predicted octanol–water partition coefficient (Wildman–Crippen LogP) is 3.24. The SMILES string of the molecule is CCC(Br)c1ncccc1C. The Hall–Kier alpha value is -0.370. The first kappa shape index (κ1) is 8.72. The van der Waals surface area contributed by atoms with Gasteiger partial charge < -0.3 is 0 Å². The Morgan fingerprint density at radius 3 is 2.91 bits per heavy atom. The van der Waals surface area contributed by atoms with Crippen LogP contribution in [0.1, 0.15) is 29.4 Å². The summed E-state index contributed by atoms with van der Waals surface area (Å²) in [5.74, 6) is 0. The number of aryl methyl sites for hydroxylation is 1. The summed E-state index contributed by atoms with van der Waals surface area (Å²) in [6, 6.07) is 4.06. The van der Waals surface area contributed by atoms with Crippen LogP contribution in [-0.4, -0.2) is 4.98 Å². The van der Waals surface area contributed by atoms with Gasteiger partial charge in [0, 0.05) is 6.20 Å². The van der Waals surface area contributed by atoms with Crippen LogP contribution in [0.2, 0.25) is 0 Å². The minimum atomic E-state index is 0.406. The molecular weight excluding hydrogens is 202 g/mol. The Morgan fingerprint density at radius 2 is 2.36 bits per heavy atom. The Kier molecular flexibility index (Phi) is 3.06. The van der Waals surface area contributed by atoms with Gasteiger partial charge in [-0.15, -0.1) is 0 Å². The Balaban J connectivity index is 2.93. The molecule has 0 aromatic carbocycles. The highest BCUT2D eigenvalue weighted by Crippen LogP contribution is 2.25. The molecule has 0 spiro atoms. The fourth-order valence-corrected chi connectivity index (χ4v) is 1.50. The number of pyridine rings is 1. The summed E-state index contributed by atoms with van der Waals surface area (Å²) >= 11 is 3.57. The second kappa shape index (κ2) is 3.86. The molecule has 0 aliphatic heterocycles. The van der Waals surface area contributed by atoms with E-state index in [0.29, 0.717) is 4.83 Å². The molecule has 1 atom stereocenters. The van der Waals surface area contributed by atoms with E-state index in [-0.39, 0.29) is 0 Å². The van der Waals surface area contributed by atoms with E-state index in [0.717, 1.165) is 12.1 Å². The van der Waals surface area contributed by atoms with Gasteiger partial charge in [-0.3, -0.25) is 4.98 Å². The van der Waals surface area contributed by atoms with E-state index in [1.165, 1.54) is 5.56 Å². The quantitative estimate of drug-likeness (QED) is 0.688. The van der Waals surface area contributed by atoms with Gasteiger partial charge >= 0.3 is 0 Å². The van der Waals surface area contributed by atoms with Crippen LogP contribution < -0.4 is 0 Å². The highest BCUT2D eigenvalue weighted by Gasteiger charge is 2.07. The van der Waals surface area contributed by atoms with Crippen LogP contribution in [0.15, 0.2) is 18.3 Å². The van der Waals surface area contributed by atoms with Gasteiger partial charge in [-0.05, 0) is 25.0 Å². The lowest BCUT2D eigenvalue weighted by atomic mass is 10.1. The van der Waals surface area contributed by atoms with Gasteiger partial charge in [0.1, 0.15) is 0 Å². The van der Waals surface area contributed by atoms with Gasteiger partial charge in [-0.1, -0.05) is 28.9 Å². The summed E-state index contributed by atoms with van der Waals surface area (Å²) in [7, 11) is 0. The van der Waals surface area contributed by atoms with Crippen molar-refractivity contribution in [1.82, 2.24) is 4.98 Å². The molecule has 1 unspecified atom stereocenters. The summed E-state index contributed by atoms with van der Waals surface area (Å²) in [6.07, 6.45) is 2.92. The highest BCUT2D eigenvalue weighted by molar-refractivity contribution is 9.09. The molecule has 0 radical (unpaired) electrons. The van der Waals surface area contributed by atoms with E-state index in [2.05, 4.69) is 40.8 Å². The molecule has 0 amide bonds. The van der Waals surface area contributed by atoms with Gasteiger partial charge in [0.05, 0.1) is 10.5 Å². The molecule has 0 bridgehead atoms. The average Bonchev–Trinajstić information content (AvgIpc) is 2.04. The number of nitrogens with zero attached hydrogens (tertiary/aromatic N) is 1. The molecule has 0 fully saturated rings. The molecule has 0 aliphatic carbocycles. The number of hydrogen-bond donors (Lipinski definition) is 0. The molecule has 1 aromatic rings. The third-order valence-corrected chi connectivity index (χ3v) is 2.79. The molecule has 0 saturated carbocycles. The van der Waals surface area contributed by atoms with Crippen LogP contribution in [0.25, 0.3) is 0 Å². The molecule has 1 nitrogen and oxygen atoms in total. The van der Waals surface area contributed by atoms with Crippen LogP contribution in [0.4, 0.5) is 0 Å². The van der Waals surface area contributed by atoms with Gasteiger partial charge in [0.25, 0.3) is 0 Å². The molecule has 0 aliphatic rings. The summed E-state index contributed by atoms with van der Waals surface area (Å²) < 4.78 is 0. The minimum Gasteiger partial charge on any atom is -0.260 e. The van der Waals surface area contributed by atoms with Crippen LogP contribution >= 0.6 is 15.9 Å². The van der Waals surface area contributed by atoms with Crippen molar-refractivity contribution in [2.24, 2.45) is 0 Å². The van der Waals surface area contributed by atoms with Crippen molar-refractivity contribution < 1.29 is 0 Å².